The van der Waals surface area contributed by atoms with Gasteiger partial charge in [0.25, 0.3) is 0 Å². The lowest BCUT2D eigenvalue weighted by molar-refractivity contribution is -0.384. The maximum atomic E-state index is 11.4. The summed E-state index contributed by atoms with van der Waals surface area (Å²) in [5.74, 6) is 1.24. The number of aromatic nitrogens is 3. The number of H-pyrrole nitrogens is 1. The minimum atomic E-state index is -0.370. The second-order valence-corrected chi connectivity index (χ2v) is 6.36. The van der Waals surface area contributed by atoms with E-state index in [0.717, 1.165) is 42.9 Å². The number of piperidine rings is 1. The molecule has 0 saturated carbocycles. The van der Waals surface area contributed by atoms with Gasteiger partial charge in [0.05, 0.1) is 22.9 Å². The summed E-state index contributed by atoms with van der Waals surface area (Å²) in [5.41, 5.74) is 2.05. The first-order valence-corrected chi connectivity index (χ1v) is 8.70. The molecular formula is C19H19N5O2. The van der Waals surface area contributed by atoms with Gasteiger partial charge in [-0.1, -0.05) is 30.3 Å². The summed E-state index contributed by atoms with van der Waals surface area (Å²) in [6.45, 7) is 0.726. The SMILES string of the molecule is O=[N+]([O-])c1cccnc1N1CCCC[C@@H]1c1ncc(-c2ccccc2)[nH]1. The van der Waals surface area contributed by atoms with Gasteiger partial charge >= 0.3 is 5.69 Å². The van der Waals surface area contributed by atoms with Gasteiger partial charge in [0.1, 0.15) is 5.82 Å². The maximum absolute atomic E-state index is 11.4. The molecule has 2 aromatic heterocycles. The van der Waals surface area contributed by atoms with Crippen LogP contribution in [0.15, 0.2) is 54.9 Å². The second-order valence-electron chi connectivity index (χ2n) is 6.36. The second kappa shape index (κ2) is 6.95. The molecule has 0 unspecified atom stereocenters. The molecule has 0 amide bonds. The number of hydrogen-bond acceptors (Lipinski definition) is 5. The highest BCUT2D eigenvalue weighted by molar-refractivity contribution is 5.60. The highest BCUT2D eigenvalue weighted by atomic mass is 16.6. The van der Waals surface area contributed by atoms with Crippen LogP contribution in [-0.2, 0) is 0 Å². The molecule has 0 radical (unpaired) electrons. The molecule has 3 aromatic rings. The number of benzene rings is 1. The van der Waals surface area contributed by atoms with E-state index in [-0.39, 0.29) is 16.7 Å². The van der Waals surface area contributed by atoms with Gasteiger partial charge in [-0.05, 0) is 30.9 Å². The fourth-order valence-corrected chi connectivity index (χ4v) is 3.49. The Bertz CT molecular complexity index is 909. The van der Waals surface area contributed by atoms with Crippen molar-refractivity contribution < 1.29 is 4.92 Å². The summed E-state index contributed by atoms with van der Waals surface area (Å²) in [5, 5.41) is 11.4. The third kappa shape index (κ3) is 3.03. The number of anilines is 1. The third-order valence-electron chi connectivity index (χ3n) is 4.73. The van der Waals surface area contributed by atoms with Crippen molar-refractivity contribution in [3.05, 3.63) is 70.8 Å². The Balaban J connectivity index is 1.69. The normalized spacial score (nSPS) is 17.2. The Kier molecular flexibility index (Phi) is 4.35. The quantitative estimate of drug-likeness (QED) is 0.565. The van der Waals surface area contributed by atoms with Crippen molar-refractivity contribution in [2.75, 3.05) is 11.4 Å². The van der Waals surface area contributed by atoms with Crippen LogP contribution >= 0.6 is 0 Å². The molecule has 1 aliphatic heterocycles. The van der Waals surface area contributed by atoms with Gasteiger partial charge in [0.15, 0.2) is 0 Å². The molecule has 1 aromatic carbocycles. The minimum absolute atomic E-state index is 0.0363. The largest absolute Gasteiger partial charge is 0.341 e. The molecule has 132 valence electrons. The zero-order valence-corrected chi connectivity index (χ0v) is 14.2. The number of nitro groups is 1. The molecule has 4 rings (SSSR count). The van der Waals surface area contributed by atoms with Crippen LogP contribution in [0.4, 0.5) is 11.5 Å². The van der Waals surface area contributed by atoms with Crippen molar-refractivity contribution in [1.82, 2.24) is 15.0 Å². The molecule has 3 heterocycles. The van der Waals surface area contributed by atoms with Gasteiger partial charge in [-0.25, -0.2) is 9.97 Å². The first kappa shape index (κ1) is 16.3. The summed E-state index contributed by atoms with van der Waals surface area (Å²) >= 11 is 0. The van der Waals surface area contributed by atoms with Crippen LogP contribution in [-0.4, -0.2) is 26.4 Å². The standard InChI is InChI=1S/C19H19N5O2/c25-24(26)17-10-6-11-20-19(17)23-12-5-4-9-16(23)18-21-13-15(22-18)14-7-2-1-3-8-14/h1-3,6-8,10-11,13,16H,4-5,9,12H2,(H,21,22)/t16-/m1/s1. The van der Waals surface area contributed by atoms with Crippen LogP contribution in [0.1, 0.15) is 31.1 Å². The molecule has 1 saturated heterocycles. The molecule has 0 aliphatic carbocycles. The number of hydrogen-bond donors (Lipinski definition) is 1. The van der Waals surface area contributed by atoms with E-state index in [4.69, 9.17) is 0 Å². The topological polar surface area (TPSA) is 87.9 Å². The number of pyridine rings is 1. The molecule has 1 N–H and O–H groups in total. The summed E-state index contributed by atoms with van der Waals surface area (Å²) in [6, 6.07) is 13.1. The Morgan fingerprint density at radius 1 is 1.12 bits per heavy atom. The molecule has 1 aliphatic rings. The Hall–Kier alpha value is -3.22. The zero-order valence-electron chi connectivity index (χ0n) is 14.2. The van der Waals surface area contributed by atoms with E-state index in [1.54, 1.807) is 12.3 Å². The average molecular weight is 349 g/mol. The molecule has 7 nitrogen and oxygen atoms in total. The monoisotopic (exact) mass is 349 g/mol. The number of aromatic amines is 1. The van der Waals surface area contributed by atoms with E-state index < -0.39 is 0 Å². The van der Waals surface area contributed by atoms with Crippen LogP contribution in [0.2, 0.25) is 0 Å². The van der Waals surface area contributed by atoms with E-state index in [1.807, 2.05) is 41.4 Å². The van der Waals surface area contributed by atoms with E-state index >= 15 is 0 Å². The summed E-state index contributed by atoms with van der Waals surface area (Å²) < 4.78 is 0. The van der Waals surface area contributed by atoms with Crippen molar-refractivity contribution in [3.63, 3.8) is 0 Å². The molecule has 1 atom stereocenters. The molecule has 0 bridgehead atoms. The lowest BCUT2D eigenvalue weighted by Gasteiger charge is -2.35. The van der Waals surface area contributed by atoms with Crippen molar-refractivity contribution in [1.29, 1.82) is 0 Å². The lowest BCUT2D eigenvalue weighted by atomic mass is 10.0. The molecule has 26 heavy (non-hydrogen) atoms. The number of nitrogens with zero attached hydrogens (tertiary/aromatic N) is 4. The number of rotatable bonds is 4. The van der Waals surface area contributed by atoms with Gasteiger partial charge in [-0.15, -0.1) is 0 Å². The third-order valence-corrected chi connectivity index (χ3v) is 4.73. The van der Waals surface area contributed by atoms with Crippen molar-refractivity contribution in [2.24, 2.45) is 0 Å². The van der Waals surface area contributed by atoms with Gasteiger partial charge in [-0.3, -0.25) is 10.1 Å². The molecular weight excluding hydrogens is 330 g/mol. The zero-order chi connectivity index (χ0) is 17.9. The van der Waals surface area contributed by atoms with Gasteiger partial charge in [-0.2, -0.15) is 0 Å². The van der Waals surface area contributed by atoms with E-state index in [9.17, 15) is 10.1 Å². The fourth-order valence-electron chi connectivity index (χ4n) is 3.49. The first-order chi connectivity index (χ1) is 12.7. The summed E-state index contributed by atoms with van der Waals surface area (Å²) in [6.07, 6.45) is 6.35. The lowest BCUT2D eigenvalue weighted by Crippen LogP contribution is -2.35. The highest BCUT2D eigenvalue weighted by Gasteiger charge is 2.31. The van der Waals surface area contributed by atoms with Crippen molar-refractivity contribution >= 4 is 11.5 Å². The minimum Gasteiger partial charge on any atom is -0.341 e. The van der Waals surface area contributed by atoms with E-state index in [2.05, 4.69) is 15.0 Å². The van der Waals surface area contributed by atoms with E-state index in [1.165, 1.54) is 6.07 Å². The van der Waals surface area contributed by atoms with Crippen molar-refractivity contribution in [3.8, 4) is 11.3 Å². The van der Waals surface area contributed by atoms with Crippen LogP contribution in [0.3, 0.4) is 0 Å². The van der Waals surface area contributed by atoms with Crippen LogP contribution in [0.25, 0.3) is 11.3 Å². The molecule has 1 fully saturated rings. The highest BCUT2D eigenvalue weighted by Crippen LogP contribution is 2.37. The summed E-state index contributed by atoms with van der Waals surface area (Å²) in [4.78, 5) is 25.3. The maximum Gasteiger partial charge on any atom is 0.311 e. The predicted molar refractivity (Wildman–Crippen MR) is 98.9 cm³/mol. The molecule has 7 heteroatoms. The fraction of sp³-hybridized carbons (Fsp3) is 0.263. The van der Waals surface area contributed by atoms with Crippen LogP contribution < -0.4 is 4.90 Å². The van der Waals surface area contributed by atoms with Crippen molar-refractivity contribution in [2.45, 2.75) is 25.3 Å². The van der Waals surface area contributed by atoms with Crippen LogP contribution in [0, 0.1) is 10.1 Å². The number of nitrogens with one attached hydrogen (secondary N) is 1. The van der Waals surface area contributed by atoms with Crippen LogP contribution in [0.5, 0.6) is 0 Å². The number of imidazole rings is 1. The smallest absolute Gasteiger partial charge is 0.311 e. The molecule has 0 spiro atoms. The Morgan fingerprint density at radius 2 is 1.96 bits per heavy atom. The average Bonchev–Trinajstić information content (AvgIpc) is 3.19. The summed E-state index contributed by atoms with van der Waals surface area (Å²) in [7, 11) is 0. The van der Waals surface area contributed by atoms with Gasteiger partial charge in [0.2, 0.25) is 5.82 Å². The van der Waals surface area contributed by atoms with E-state index in [0.29, 0.717) is 5.82 Å². The van der Waals surface area contributed by atoms with Gasteiger partial charge in [0, 0.05) is 18.8 Å². The Morgan fingerprint density at radius 3 is 2.77 bits per heavy atom. The first-order valence-electron chi connectivity index (χ1n) is 8.70. The predicted octanol–water partition coefficient (Wildman–Crippen LogP) is 4.11. The van der Waals surface area contributed by atoms with Gasteiger partial charge < -0.3 is 9.88 Å². The Labute approximate surface area is 150 Å².